The molecule has 0 aliphatic heterocycles. The van der Waals surface area contributed by atoms with Gasteiger partial charge >= 0.3 is 0 Å². The van der Waals surface area contributed by atoms with E-state index in [1.807, 2.05) is 38.1 Å². The maximum atomic E-state index is 14.1. The summed E-state index contributed by atoms with van der Waals surface area (Å²) in [5.41, 5.74) is 2.28. The second-order valence-corrected chi connectivity index (χ2v) is 13.0. The molecule has 4 rings (SSSR count). The third-order valence-corrected chi connectivity index (χ3v) is 9.56. The fraction of sp³-hybridized carbons (Fsp3) is 0.355. The molecule has 1 saturated carbocycles. The minimum atomic E-state index is -4.08. The lowest BCUT2D eigenvalue weighted by molar-refractivity contribution is -0.140. The highest BCUT2D eigenvalue weighted by Gasteiger charge is 2.34. The lowest BCUT2D eigenvalue weighted by Gasteiger charge is -2.34. The van der Waals surface area contributed by atoms with Gasteiger partial charge in [-0.3, -0.25) is 13.9 Å². The predicted molar refractivity (Wildman–Crippen MR) is 161 cm³/mol. The van der Waals surface area contributed by atoms with Gasteiger partial charge < -0.3 is 10.2 Å². The van der Waals surface area contributed by atoms with Crippen molar-refractivity contribution in [2.45, 2.75) is 69.5 Å². The van der Waals surface area contributed by atoms with Crippen LogP contribution < -0.4 is 9.62 Å². The Morgan fingerprint density at radius 3 is 2.27 bits per heavy atom. The molecular formula is C31H36BrN3O4S. The molecule has 0 unspecified atom stereocenters. The van der Waals surface area contributed by atoms with Crippen molar-refractivity contribution in [1.29, 1.82) is 0 Å². The van der Waals surface area contributed by atoms with Gasteiger partial charge in [0.15, 0.2) is 0 Å². The third kappa shape index (κ3) is 7.31. The van der Waals surface area contributed by atoms with E-state index in [1.165, 1.54) is 17.0 Å². The monoisotopic (exact) mass is 625 g/mol. The second kappa shape index (κ2) is 13.5. The highest BCUT2D eigenvalue weighted by molar-refractivity contribution is 9.10. The summed E-state index contributed by atoms with van der Waals surface area (Å²) in [6.45, 7) is 3.60. The number of carbonyl (C=O) groups excluding carboxylic acids is 2. The summed E-state index contributed by atoms with van der Waals surface area (Å²) in [5, 5.41) is 3.14. The lowest BCUT2D eigenvalue weighted by Crippen LogP contribution is -2.53. The van der Waals surface area contributed by atoms with Gasteiger partial charge in [-0.1, -0.05) is 83.7 Å². The van der Waals surface area contributed by atoms with Gasteiger partial charge in [-0.05, 0) is 68.1 Å². The molecule has 2 amide bonds. The van der Waals surface area contributed by atoms with Crippen LogP contribution in [0.4, 0.5) is 5.69 Å². The van der Waals surface area contributed by atoms with Gasteiger partial charge in [0.2, 0.25) is 11.8 Å². The van der Waals surface area contributed by atoms with E-state index in [0.29, 0.717) is 12.1 Å². The van der Waals surface area contributed by atoms with Crippen molar-refractivity contribution in [2.24, 2.45) is 0 Å². The predicted octanol–water partition coefficient (Wildman–Crippen LogP) is 5.82. The zero-order valence-electron chi connectivity index (χ0n) is 22.9. The van der Waals surface area contributed by atoms with Crippen LogP contribution in [0.1, 0.15) is 50.2 Å². The highest BCUT2D eigenvalue weighted by Crippen LogP contribution is 2.26. The summed E-state index contributed by atoms with van der Waals surface area (Å²) in [6.07, 6.45) is 4.42. The molecular weight excluding hydrogens is 590 g/mol. The molecule has 3 aromatic carbocycles. The first-order chi connectivity index (χ1) is 19.2. The molecule has 0 heterocycles. The number of nitrogens with zero attached hydrogens (tertiary/aromatic N) is 2. The van der Waals surface area contributed by atoms with E-state index in [9.17, 15) is 18.0 Å². The zero-order chi connectivity index (χ0) is 28.7. The molecule has 1 aliphatic carbocycles. The molecule has 40 heavy (non-hydrogen) atoms. The van der Waals surface area contributed by atoms with E-state index in [4.69, 9.17) is 0 Å². The molecule has 1 atom stereocenters. The number of anilines is 1. The lowest BCUT2D eigenvalue weighted by atomic mass is 10.1. The fourth-order valence-corrected chi connectivity index (χ4v) is 6.85. The molecule has 0 saturated heterocycles. The maximum absolute atomic E-state index is 14.1. The van der Waals surface area contributed by atoms with Crippen molar-refractivity contribution in [3.8, 4) is 0 Å². The van der Waals surface area contributed by atoms with E-state index >= 15 is 0 Å². The topological polar surface area (TPSA) is 86.8 Å². The van der Waals surface area contributed by atoms with Crippen LogP contribution in [0.5, 0.6) is 0 Å². The van der Waals surface area contributed by atoms with Crippen LogP contribution in [-0.2, 0) is 26.2 Å². The molecule has 7 nitrogen and oxygen atoms in total. The molecule has 0 aromatic heterocycles. The van der Waals surface area contributed by atoms with Crippen molar-refractivity contribution in [1.82, 2.24) is 10.2 Å². The summed E-state index contributed by atoms with van der Waals surface area (Å²) < 4.78 is 29.6. The Balaban J connectivity index is 1.70. The quantitative estimate of drug-likeness (QED) is 0.291. The molecule has 1 fully saturated rings. The van der Waals surface area contributed by atoms with Gasteiger partial charge in [-0.15, -0.1) is 0 Å². The molecule has 0 spiro atoms. The van der Waals surface area contributed by atoms with Crippen molar-refractivity contribution in [2.75, 3.05) is 10.8 Å². The van der Waals surface area contributed by atoms with Crippen LogP contribution >= 0.6 is 15.9 Å². The second-order valence-electron chi connectivity index (χ2n) is 10.2. The minimum absolute atomic E-state index is 0.0852. The Hall–Kier alpha value is -3.17. The van der Waals surface area contributed by atoms with E-state index in [1.54, 1.807) is 42.5 Å². The van der Waals surface area contributed by atoms with Crippen molar-refractivity contribution >= 4 is 43.5 Å². The third-order valence-electron chi connectivity index (χ3n) is 7.25. The number of amides is 2. The highest BCUT2D eigenvalue weighted by atomic mass is 79.9. The largest absolute Gasteiger partial charge is 0.352 e. The minimum Gasteiger partial charge on any atom is -0.352 e. The Bertz CT molecular complexity index is 1410. The number of hydrogen-bond donors (Lipinski definition) is 1. The SMILES string of the molecule is CC[C@H](C(=O)NC1CCCC1)N(Cc1cccc(C)c1)C(=O)CN(c1ccc(Br)cc1)S(=O)(=O)c1ccccc1. The van der Waals surface area contributed by atoms with Crippen molar-refractivity contribution in [3.05, 3.63) is 94.5 Å². The molecule has 0 bridgehead atoms. The number of benzene rings is 3. The van der Waals surface area contributed by atoms with E-state index in [-0.39, 0.29) is 23.4 Å². The number of rotatable bonds is 11. The van der Waals surface area contributed by atoms with Gasteiger partial charge in [-0.25, -0.2) is 8.42 Å². The van der Waals surface area contributed by atoms with Crippen LogP contribution in [0.3, 0.4) is 0 Å². The number of nitrogens with one attached hydrogen (secondary N) is 1. The van der Waals surface area contributed by atoms with Crippen LogP contribution in [0.15, 0.2) is 88.2 Å². The smallest absolute Gasteiger partial charge is 0.264 e. The molecule has 9 heteroatoms. The number of sulfonamides is 1. The summed E-state index contributed by atoms with van der Waals surface area (Å²) >= 11 is 3.40. The molecule has 212 valence electrons. The van der Waals surface area contributed by atoms with E-state index in [2.05, 4.69) is 21.2 Å². The van der Waals surface area contributed by atoms with E-state index in [0.717, 1.165) is 45.6 Å². The maximum Gasteiger partial charge on any atom is 0.264 e. The number of hydrogen-bond acceptors (Lipinski definition) is 4. The van der Waals surface area contributed by atoms with Crippen LogP contribution in [0.25, 0.3) is 0 Å². The molecule has 1 aliphatic rings. The normalized spacial score (nSPS) is 14.5. The standard InChI is InChI=1S/C31H36BrN3O4S/c1-3-29(31(37)33-26-12-7-8-13-26)34(21-24-11-9-10-23(2)20-24)30(36)22-35(27-18-16-25(32)17-19-27)40(38,39)28-14-5-4-6-15-28/h4-6,9-11,14-20,26,29H,3,7-8,12-13,21-22H2,1-2H3,(H,33,37)/t29-/m1/s1. The first kappa shape index (κ1) is 29.8. The molecule has 1 N–H and O–H groups in total. The van der Waals surface area contributed by atoms with Gasteiger partial charge in [0.25, 0.3) is 10.0 Å². The summed E-state index contributed by atoms with van der Waals surface area (Å²) in [6, 6.07) is 22.0. The van der Waals surface area contributed by atoms with Gasteiger partial charge in [0.1, 0.15) is 12.6 Å². The van der Waals surface area contributed by atoms with Crippen molar-refractivity contribution in [3.63, 3.8) is 0 Å². The number of aryl methyl sites for hydroxylation is 1. The summed E-state index contributed by atoms with van der Waals surface area (Å²) in [5.74, 6) is -0.645. The zero-order valence-corrected chi connectivity index (χ0v) is 25.3. The first-order valence-corrected chi connectivity index (χ1v) is 15.9. The van der Waals surface area contributed by atoms with Crippen LogP contribution in [0.2, 0.25) is 0 Å². The van der Waals surface area contributed by atoms with Gasteiger partial charge in [0.05, 0.1) is 10.6 Å². The number of carbonyl (C=O) groups is 2. The Labute approximate surface area is 245 Å². The first-order valence-electron chi connectivity index (χ1n) is 13.7. The summed E-state index contributed by atoms with van der Waals surface area (Å²) in [7, 11) is -4.08. The van der Waals surface area contributed by atoms with E-state index < -0.39 is 28.5 Å². The van der Waals surface area contributed by atoms with Crippen molar-refractivity contribution < 1.29 is 18.0 Å². The Kier molecular flexibility index (Phi) is 10.0. The fourth-order valence-electron chi connectivity index (χ4n) is 5.15. The Morgan fingerprint density at radius 1 is 0.975 bits per heavy atom. The summed E-state index contributed by atoms with van der Waals surface area (Å²) in [4.78, 5) is 29.3. The molecule has 3 aromatic rings. The van der Waals surface area contributed by atoms with Gasteiger partial charge in [-0.2, -0.15) is 0 Å². The average Bonchev–Trinajstić information content (AvgIpc) is 3.45. The van der Waals surface area contributed by atoms with Gasteiger partial charge in [0, 0.05) is 17.1 Å². The Morgan fingerprint density at radius 2 is 1.65 bits per heavy atom. The number of halogens is 1. The molecule has 0 radical (unpaired) electrons. The van der Waals surface area contributed by atoms with Crippen LogP contribution in [-0.4, -0.2) is 43.8 Å². The average molecular weight is 627 g/mol. The van der Waals surface area contributed by atoms with Crippen LogP contribution in [0, 0.1) is 6.92 Å².